The van der Waals surface area contributed by atoms with Crippen LogP contribution in [0.3, 0.4) is 0 Å². The Morgan fingerprint density at radius 2 is 1.81 bits per heavy atom. The van der Waals surface area contributed by atoms with Gasteiger partial charge in [0.1, 0.15) is 5.75 Å². The maximum atomic E-state index is 13.9. The van der Waals surface area contributed by atoms with E-state index in [1.165, 1.54) is 13.2 Å². The number of benzene rings is 2. The molecule has 112 valence electrons. The molecule has 0 saturated carbocycles. The van der Waals surface area contributed by atoms with E-state index in [2.05, 4.69) is 5.43 Å². The molecule has 0 heterocycles. The standard InChI is InChI=1S/C14H12ClF3N2O/c1-21-11-5-2-7(15)6-9(11)14(20-19)8-3-4-10(16)13(18)12(8)17/h2-6,14,20H,19H2,1H3. The number of rotatable bonds is 4. The number of nitrogens with one attached hydrogen (secondary N) is 1. The average Bonchev–Trinajstić information content (AvgIpc) is 2.48. The largest absolute Gasteiger partial charge is 0.496 e. The highest BCUT2D eigenvalue weighted by atomic mass is 35.5. The van der Waals surface area contributed by atoms with Crippen molar-refractivity contribution in [2.45, 2.75) is 6.04 Å². The van der Waals surface area contributed by atoms with Crippen molar-refractivity contribution < 1.29 is 17.9 Å². The number of hydrogen-bond acceptors (Lipinski definition) is 3. The van der Waals surface area contributed by atoms with Gasteiger partial charge < -0.3 is 4.74 Å². The molecule has 3 nitrogen and oxygen atoms in total. The second-order valence-corrected chi connectivity index (χ2v) is 4.69. The minimum Gasteiger partial charge on any atom is -0.496 e. The van der Waals surface area contributed by atoms with Gasteiger partial charge >= 0.3 is 0 Å². The van der Waals surface area contributed by atoms with Gasteiger partial charge in [0, 0.05) is 16.1 Å². The maximum Gasteiger partial charge on any atom is 0.194 e. The minimum absolute atomic E-state index is 0.156. The summed E-state index contributed by atoms with van der Waals surface area (Å²) in [5.41, 5.74) is 2.60. The van der Waals surface area contributed by atoms with Crippen molar-refractivity contribution in [3.05, 3.63) is 63.9 Å². The van der Waals surface area contributed by atoms with E-state index in [-0.39, 0.29) is 5.56 Å². The Kier molecular flexibility index (Phi) is 4.72. The van der Waals surface area contributed by atoms with Gasteiger partial charge in [0.25, 0.3) is 0 Å². The summed E-state index contributed by atoms with van der Waals surface area (Å²) in [5, 5.41) is 0.369. The number of hydrazine groups is 1. The van der Waals surface area contributed by atoms with Crippen LogP contribution in [-0.2, 0) is 0 Å². The summed E-state index contributed by atoms with van der Waals surface area (Å²) in [6, 6.07) is 5.65. The summed E-state index contributed by atoms with van der Waals surface area (Å²) in [7, 11) is 1.42. The zero-order chi connectivity index (χ0) is 15.6. The first-order valence-electron chi connectivity index (χ1n) is 5.92. The Hall–Kier alpha value is -1.76. The molecule has 0 aromatic heterocycles. The Balaban J connectivity index is 2.60. The molecule has 0 bridgehead atoms. The van der Waals surface area contributed by atoms with Crippen LogP contribution in [0.4, 0.5) is 13.2 Å². The molecule has 0 aliphatic rings. The second-order valence-electron chi connectivity index (χ2n) is 4.25. The summed E-state index contributed by atoms with van der Waals surface area (Å²) in [5.74, 6) is 1.66. The Morgan fingerprint density at radius 1 is 1.10 bits per heavy atom. The van der Waals surface area contributed by atoms with Crippen LogP contribution >= 0.6 is 11.6 Å². The van der Waals surface area contributed by atoms with Crippen molar-refractivity contribution >= 4 is 11.6 Å². The highest BCUT2D eigenvalue weighted by molar-refractivity contribution is 6.30. The first kappa shape index (κ1) is 15.6. The molecule has 0 saturated heterocycles. The summed E-state index contributed by atoms with van der Waals surface area (Å²) in [4.78, 5) is 0. The number of ether oxygens (including phenoxy) is 1. The molecular weight excluding hydrogens is 305 g/mol. The summed E-state index contributed by atoms with van der Waals surface area (Å²) < 4.78 is 45.5. The molecule has 2 aromatic carbocycles. The quantitative estimate of drug-likeness (QED) is 0.517. The van der Waals surface area contributed by atoms with Crippen LogP contribution in [0.5, 0.6) is 5.75 Å². The van der Waals surface area contributed by atoms with Crippen molar-refractivity contribution in [2.75, 3.05) is 7.11 Å². The molecule has 0 aliphatic heterocycles. The third-order valence-electron chi connectivity index (χ3n) is 3.05. The molecule has 0 spiro atoms. The van der Waals surface area contributed by atoms with Gasteiger partial charge in [-0.1, -0.05) is 17.7 Å². The first-order chi connectivity index (χ1) is 9.99. The molecule has 7 heteroatoms. The molecule has 2 rings (SSSR count). The normalized spacial score (nSPS) is 12.3. The molecule has 0 amide bonds. The smallest absolute Gasteiger partial charge is 0.194 e. The van der Waals surface area contributed by atoms with E-state index in [0.717, 1.165) is 12.1 Å². The molecule has 0 radical (unpaired) electrons. The zero-order valence-corrected chi connectivity index (χ0v) is 11.7. The van der Waals surface area contributed by atoms with Crippen molar-refractivity contribution in [2.24, 2.45) is 5.84 Å². The highest BCUT2D eigenvalue weighted by Gasteiger charge is 2.24. The SMILES string of the molecule is COc1ccc(Cl)cc1C(NN)c1ccc(F)c(F)c1F. The third kappa shape index (κ3) is 2.97. The lowest BCUT2D eigenvalue weighted by atomic mass is 9.97. The van der Waals surface area contributed by atoms with Crippen LogP contribution in [0, 0.1) is 17.5 Å². The fourth-order valence-electron chi connectivity index (χ4n) is 2.04. The topological polar surface area (TPSA) is 47.3 Å². The Labute approximate surface area is 124 Å². The van der Waals surface area contributed by atoms with Gasteiger partial charge in [0.2, 0.25) is 0 Å². The van der Waals surface area contributed by atoms with Crippen LogP contribution < -0.4 is 16.0 Å². The van der Waals surface area contributed by atoms with Gasteiger partial charge in [-0.15, -0.1) is 0 Å². The van der Waals surface area contributed by atoms with Crippen LogP contribution in [0.25, 0.3) is 0 Å². The lowest BCUT2D eigenvalue weighted by Crippen LogP contribution is -2.30. The van der Waals surface area contributed by atoms with Gasteiger partial charge in [-0.3, -0.25) is 5.84 Å². The summed E-state index contributed by atoms with van der Waals surface area (Å²) in [6.45, 7) is 0. The van der Waals surface area contributed by atoms with Crippen LogP contribution in [0.1, 0.15) is 17.2 Å². The summed E-state index contributed by atoms with van der Waals surface area (Å²) in [6.07, 6.45) is 0. The number of nitrogens with two attached hydrogens (primary N) is 1. The molecular formula is C14H12ClF3N2O. The molecule has 2 aromatic rings. The summed E-state index contributed by atoms with van der Waals surface area (Å²) >= 11 is 5.91. The fraction of sp³-hybridized carbons (Fsp3) is 0.143. The molecule has 1 unspecified atom stereocenters. The van der Waals surface area contributed by atoms with Gasteiger partial charge in [-0.2, -0.15) is 0 Å². The number of halogens is 4. The molecule has 1 atom stereocenters. The van der Waals surface area contributed by atoms with Crippen LogP contribution in [0.15, 0.2) is 30.3 Å². The Morgan fingerprint density at radius 3 is 2.43 bits per heavy atom. The van der Waals surface area contributed by atoms with Crippen LogP contribution in [-0.4, -0.2) is 7.11 Å². The van der Waals surface area contributed by atoms with Crippen molar-refractivity contribution in [1.29, 1.82) is 0 Å². The Bertz CT molecular complexity index is 667. The predicted octanol–water partition coefficient (Wildman–Crippen LogP) is 3.32. The lowest BCUT2D eigenvalue weighted by Gasteiger charge is -2.20. The lowest BCUT2D eigenvalue weighted by molar-refractivity contribution is 0.400. The van der Waals surface area contributed by atoms with Crippen molar-refractivity contribution in [3.8, 4) is 5.75 Å². The van der Waals surface area contributed by atoms with Gasteiger partial charge in [0.15, 0.2) is 17.5 Å². The van der Waals surface area contributed by atoms with Gasteiger partial charge in [-0.25, -0.2) is 18.6 Å². The second kappa shape index (κ2) is 6.34. The van der Waals surface area contributed by atoms with E-state index in [1.54, 1.807) is 12.1 Å². The van der Waals surface area contributed by atoms with E-state index in [0.29, 0.717) is 16.3 Å². The monoisotopic (exact) mass is 316 g/mol. The van der Waals surface area contributed by atoms with E-state index in [1.807, 2.05) is 0 Å². The number of methoxy groups -OCH3 is 1. The van der Waals surface area contributed by atoms with Crippen molar-refractivity contribution in [3.63, 3.8) is 0 Å². The number of hydrogen-bond donors (Lipinski definition) is 2. The fourth-order valence-corrected chi connectivity index (χ4v) is 2.22. The van der Waals surface area contributed by atoms with E-state index < -0.39 is 23.5 Å². The predicted molar refractivity (Wildman–Crippen MR) is 73.5 cm³/mol. The van der Waals surface area contributed by atoms with E-state index in [9.17, 15) is 13.2 Å². The molecule has 21 heavy (non-hydrogen) atoms. The molecule has 3 N–H and O–H groups in total. The highest BCUT2D eigenvalue weighted by Crippen LogP contribution is 2.33. The van der Waals surface area contributed by atoms with E-state index >= 15 is 0 Å². The minimum atomic E-state index is -1.56. The van der Waals surface area contributed by atoms with Gasteiger partial charge in [-0.05, 0) is 24.3 Å². The first-order valence-corrected chi connectivity index (χ1v) is 6.30. The third-order valence-corrected chi connectivity index (χ3v) is 3.28. The van der Waals surface area contributed by atoms with Crippen molar-refractivity contribution in [1.82, 2.24) is 5.43 Å². The molecule has 0 fully saturated rings. The molecule has 0 aliphatic carbocycles. The maximum absolute atomic E-state index is 13.9. The van der Waals surface area contributed by atoms with Gasteiger partial charge in [0.05, 0.1) is 13.2 Å². The van der Waals surface area contributed by atoms with Crippen LogP contribution in [0.2, 0.25) is 5.02 Å². The average molecular weight is 317 g/mol. The van der Waals surface area contributed by atoms with E-state index in [4.69, 9.17) is 22.2 Å². The zero-order valence-electron chi connectivity index (χ0n) is 11.0.